The number of amides is 1. The molecular weight excluding hydrogens is 180 g/mol. The molecule has 0 fully saturated rings. The molecule has 0 bridgehead atoms. The minimum atomic E-state index is -0.114. The molecule has 0 heterocycles. The Bertz CT molecular complexity index is 162. The smallest absolute Gasteiger partial charge is 0.239 e. The van der Waals surface area contributed by atoms with Crippen LogP contribution < -0.4 is 5.32 Å². The molecule has 0 aromatic rings. The predicted octanol–water partition coefficient (Wildman–Crippen LogP) is 0.479. The summed E-state index contributed by atoms with van der Waals surface area (Å²) in [6.07, 6.45) is 0. The number of ether oxygens (including phenoxy) is 1. The van der Waals surface area contributed by atoms with E-state index in [1.54, 1.807) is 11.9 Å². The SMILES string of the molecule is CCOCCN(CC)C(=O)C(C)NC. The van der Waals surface area contributed by atoms with Crippen molar-refractivity contribution in [1.29, 1.82) is 0 Å². The highest BCUT2D eigenvalue weighted by Crippen LogP contribution is 1.94. The molecule has 4 nitrogen and oxygen atoms in total. The lowest BCUT2D eigenvalue weighted by Gasteiger charge is -2.23. The number of hydrogen-bond acceptors (Lipinski definition) is 3. The van der Waals surface area contributed by atoms with Crippen molar-refractivity contribution < 1.29 is 9.53 Å². The summed E-state index contributed by atoms with van der Waals surface area (Å²) in [6.45, 7) is 8.53. The molecule has 0 aliphatic rings. The van der Waals surface area contributed by atoms with Gasteiger partial charge in [0.05, 0.1) is 12.6 Å². The first-order valence-electron chi connectivity index (χ1n) is 5.21. The zero-order valence-electron chi connectivity index (χ0n) is 9.67. The fraction of sp³-hybridized carbons (Fsp3) is 0.900. The Morgan fingerprint density at radius 3 is 2.57 bits per heavy atom. The van der Waals surface area contributed by atoms with Gasteiger partial charge < -0.3 is 15.0 Å². The third-order valence-electron chi connectivity index (χ3n) is 2.21. The maximum absolute atomic E-state index is 11.7. The summed E-state index contributed by atoms with van der Waals surface area (Å²) in [7, 11) is 1.79. The molecular formula is C10H22N2O2. The van der Waals surface area contributed by atoms with E-state index in [2.05, 4.69) is 5.32 Å². The number of carbonyl (C=O) groups excluding carboxylic acids is 1. The Morgan fingerprint density at radius 2 is 2.14 bits per heavy atom. The number of rotatable bonds is 7. The van der Waals surface area contributed by atoms with E-state index in [0.29, 0.717) is 19.8 Å². The number of hydrogen-bond donors (Lipinski definition) is 1. The van der Waals surface area contributed by atoms with Gasteiger partial charge >= 0.3 is 0 Å². The zero-order valence-corrected chi connectivity index (χ0v) is 9.67. The van der Waals surface area contributed by atoms with Crippen molar-refractivity contribution >= 4 is 5.91 Å². The van der Waals surface area contributed by atoms with Crippen LogP contribution in [0, 0.1) is 0 Å². The van der Waals surface area contributed by atoms with Crippen molar-refractivity contribution in [2.45, 2.75) is 26.8 Å². The van der Waals surface area contributed by atoms with E-state index in [-0.39, 0.29) is 11.9 Å². The summed E-state index contributed by atoms with van der Waals surface area (Å²) in [5.41, 5.74) is 0. The molecule has 0 radical (unpaired) electrons. The average Bonchev–Trinajstić information content (AvgIpc) is 2.22. The molecule has 0 aromatic heterocycles. The Kier molecular flexibility index (Phi) is 7.42. The lowest BCUT2D eigenvalue weighted by atomic mass is 10.3. The minimum Gasteiger partial charge on any atom is -0.380 e. The molecule has 0 saturated carbocycles. The van der Waals surface area contributed by atoms with Gasteiger partial charge in [0.1, 0.15) is 0 Å². The molecule has 0 aliphatic carbocycles. The highest BCUT2D eigenvalue weighted by atomic mass is 16.5. The van der Waals surface area contributed by atoms with E-state index in [1.165, 1.54) is 0 Å². The van der Waals surface area contributed by atoms with Crippen molar-refractivity contribution in [3.8, 4) is 0 Å². The summed E-state index contributed by atoms with van der Waals surface area (Å²) < 4.78 is 5.22. The Labute approximate surface area is 86.6 Å². The van der Waals surface area contributed by atoms with Crippen LogP contribution in [0.25, 0.3) is 0 Å². The van der Waals surface area contributed by atoms with Crippen molar-refractivity contribution in [2.75, 3.05) is 33.4 Å². The van der Waals surface area contributed by atoms with Crippen molar-refractivity contribution in [2.24, 2.45) is 0 Å². The van der Waals surface area contributed by atoms with Crippen LogP contribution in [0.2, 0.25) is 0 Å². The first-order valence-corrected chi connectivity index (χ1v) is 5.21. The van der Waals surface area contributed by atoms with Crippen LogP contribution in [0.5, 0.6) is 0 Å². The zero-order chi connectivity index (χ0) is 11.0. The third kappa shape index (κ3) is 4.58. The molecule has 4 heteroatoms. The van der Waals surface area contributed by atoms with Crippen LogP contribution >= 0.6 is 0 Å². The maximum atomic E-state index is 11.7. The van der Waals surface area contributed by atoms with Gasteiger partial charge in [-0.3, -0.25) is 4.79 Å². The van der Waals surface area contributed by atoms with Crippen LogP contribution in [-0.2, 0) is 9.53 Å². The van der Waals surface area contributed by atoms with Gasteiger partial charge in [0, 0.05) is 19.7 Å². The lowest BCUT2D eigenvalue weighted by Crippen LogP contribution is -2.44. The average molecular weight is 202 g/mol. The third-order valence-corrected chi connectivity index (χ3v) is 2.21. The van der Waals surface area contributed by atoms with E-state index in [0.717, 1.165) is 6.54 Å². The normalized spacial score (nSPS) is 12.6. The number of nitrogens with zero attached hydrogens (tertiary/aromatic N) is 1. The van der Waals surface area contributed by atoms with Gasteiger partial charge in [0.2, 0.25) is 5.91 Å². The maximum Gasteiger partial charge on any atom is 0.239 e. The van der Waals surface area contributed by atoms with Crippen LogP contribution in [0.1, 0.15) is 20.8 Å². The molecule has 1 N–H and O–H groups in total. The van der Waals surface area contributed by atoms with Crippen molar-refractivity contribution in [3.05, 3.63) is 0 Å². The molecule has 0 spiro atoms. The molecule has 1 atom stereocenters. The Hall–Kier alpha value is -0.610. The van der Waals surface area contributed by atoms with Gasteiger partial charge in [-0.05, 0) is 27.8 Å². The highest BCUT2D eigenvalue weighted by Gasteiger charge is 2.16. The topological polar surface area (TPSA) is 41.6 Å². The molecule has 1 amide bonds. The lowest BCUT2D eigenvalue weighted by molar-refractivity contribution is -0.133. The van der Waals surface area contributed by atoms with Gasteiger partial charge in [0.25, 0.3) is 0 Å². The van der Waals surface area contributed by atoms with E-state index in [4.69, 9.17) is 4.74 Å². The summed E-state index contributed by atoms with van der Waals surface area (Å²) >= 11 is 0. The second-order valence-corrected chi connectivity index (χ2v) is 3.13. The summed E-state index contributed by atoms with van der Waals surface area (Å²) in [6, 6.07) is -0.114. The predicted molar refractivity (Wildman–Crippen MR) is 57.3 cm³/mol. The Balaban J connectivity index is 3.92. The van der Waals surface area contributed by atoms with E-state index < -0.39 is 0 Å². The van der Waals surface area contributed by atoms with E-state index in [9.17, 15) is 4.79 Å². The van der Waals surface area contributed by atoms with Gasteiger partial charge in [0.15, 0.2) is 0 Å². The molecule has 0 rings (SSSR count). The van der Waals surface area contributed by atoms with Crippen molar-refractivity contribution in [3.63, 3.8) is 0 Å². The monoisotopic (exact) mass is 202 g/mol. The first kappa shape index (κ1) is 13.4. The number of carbonyl (C=O) groups is 1. The summed E-state index contributed by atoms with van der Waals surface area (Å²) in [4.78, 5) is 13.5. The molecule has 84 valence electrons. The van der Waals surface area contributed by atoms with Gasteiger partial charge in [-0.15, -0.1) is 0 Å². The van der Waals surface area contributed by atoms with E-state index in [1.807, 2.05) is 20.8 Å². The summed E-state index contributed by atoms with van der Waals surface area (Å²) in [5, 5.41) is 2.94. The van der Waals surface area contributed by atoms with Gasteiger partial charge in [-0.25, -0.2) is 0 Å². The van der Waals surface area contributed by atoms with Crippen LogP contribution in [0.15, 0.2) is 0 Å². The highest BCUT2D eigenvalue weighted by molar-refractivity contribution is 5.81. The molecule has 0 saturated heterocycles. The number of likely N-dealkylation sites (N-methyl/N-ethyl adjacent to an activating group) is 2. The first-order chi connectivity index (χ1) is 6.67. The largest absolute Gasteiger partial charge is 0.380 e. The van der Waals surface area contributed by atoms with E-state index >= 15 is 0 Å². The fourth-order valence-electron chi connectivity index (χ4n) is 1.14. The molecule has 0 aliphatic heterocycles. The Morgan fingerprint density at radius 1 is 1.50 bits per heavy atom. The van der Waals surface area contributed by atoms with Crippen LogP contribution in [0.4, 0.5) is 0 Å². The fourth-order valence-corrected chi connectivity index (χ4v) is 1.14. The second kappa shape index (κ2) is 7.76. The summed E-state index contributed by atoms with van der Waals surface area (Å²) in [5.74, 6) is 0.134. The number of nitrogens with one attached hydrogen (secondary N) is 1. The quantitative estimate of drug-likeness (QED) is 0.611. The second-order valence-electron chi connectivity index (χ2n) is 3.13. The van der Waals surface area contributed by atoms with Gasteiger partial charge in [-0.1, -0.05) is 0 Å². The van der Waals surface area contributed by atoms with Crippen LogP contribution in [-0.4, -0.2) is 50.2 Å². The minimum absolute atomic E-state index is 0.114. The van der Waals surface area contributed by atoms with Crippen LogP contribution in [0.3, 0.4) is 0 Å². The molecule has 14 heavy (non-hydrogen) atoms. The molecule has 1 unspecified atom stereocenters. The van der Waals surface area contributed by atoms with Crippen molar-refractivity contribution in [1.82, 2.24) is 10.2 Å². The standard InChI is InChI=1S/C10H22N2O2/c1-5-12(7-8-14-6-2)10(13)9(3)11-4/h9,11H,5-8H2,1-4H3. The molecule has 0 aromatic carbocycles. The van der Waals surface area contributed by atoms with Gasteiger partial charge in [-0.2, -0.15) is 0 Å².